The number of halogens is 5. The maximum Gasteiger partial charge on any atom is 0.262 e. The standard InChI is InChI=1S/C15H10ClF4NO2/c1-7-8(16)3-2-4-11(7)21-12(22)6-23-15-13(19)9(17)5-10(18)14(15)20/h2-5H,6H2,1H3,(H,21,22). The Kier molecular flexibility index (Phi) is 5.10. The first-order valence-corrected chi connectivity index (χ1v) is 6.69. The molecule has 0 aliphatic rings. The maximum atomic E-state index is 13.4. The third-order valence-corrected chi connectivity index (χ3v) is 3.37. The maximum absolute atomic E-state index is 13.4. The van der Waals surface area contributed by atoms with Crippen LogP contribution in [-0.4, -0.2) is 12.5 Å². The number of hydrogen-bond donors (Lipinski definition) is 1. The number of nitrogens with one attached hydrogen (secondary N) is 1. The number of rotatable bonds is 4. The van der Waals surface area contributed by atoms with Crippen LogP contribution in [0.1, 0.15) is 5.56 Å². The van der Waals surface area contributed by atoms with E-state index in [0.29, 0.717) is 16.3 Å². The lowest BCUT2D eigenvalue weighted by Crippen LogP contribution is -2.21. The molecule has 8 heteroatoms. The molecule has 1 N–H and O–H groups in total. The minimum Gasteiger partial charge on any atom is -0.477 e. The van der Waals surface area contributed by atoms with Gasteiger partial charge in [0.05, 0.1) is 0 Å². The Balaban J connectivity index is 2.10. The van der Waals surface area contributed by atoms with Crippen LogP contribution in [0.5, 0.6) is 5.75 Å². The van der Waals surface area contributed by atoms with Crippen LogP contribution in [0.4, 0.5) is 23.2 Å². The molecule has 0 saturated carbocycles. The summed E-state index contributed by atoms with van der Waals surface area (Å²) in [7, 11) is 0. The van der Waals surface area contributed by atoms with Gasteiger partial charge in [-0.1, -0.05) is 17.7 Å². The van der Waals surface area contributed by atoms with Crippen molar-refractivity contribution in [2.45, 2.75) is 6.92 Å². The van der Waals surface area contributed by atoms with Gasteiger partial charge in [0, 0.05) is 16.8 Å². The number of ether oxygens (including phenoxy) is 1. The van der Waals surface area contributed by atoms with E-state index in [9.17, 15) is 22.4 Å². The fraction of sp³-hybridized carbons (Fsp3) is 0.133. The molecule has 0 bridgehead atoms. The zero-order valence-electron chi connectivity index (χ0n) is 11.7. The minimum atomic E-state index is -1.71. The topological polar surface area (TPSA) is 38.3 Å². The van der Waals surface area contributed by atoms with Crippen LogP contribution in [-0.2, 0) is 4.79 Å². The van der Waals surface area contributed by atoms with Gasteiger partial charge in [0.25, 0.3) is 5.91 Å². The Hall–Kier alpha value is -2.28. The van der Waals surface area contributed by atoms with Crippen molar-refractivity contribution >= 4 is 23.2 Å². The number of amides is 1. The summed E-state index contributed by atoms with van der Waals surface area (Å²) in [5.74, 6) is -8.74. The highest BCUT2D eigenvalue weighted by molar-refractivity contribution is 6.31. The zero-order chi connectivity index (χ0) is 17.1. The fourth-order valence-electron chi connectivity index (χ4n) is 1.74. The molecule has 0 aliphatic carbocycles. The van der Waals surface area contributed by atoms with Crippen molar-refractivity contribution < 1.29 is 27.1 Å². The fourth-order valence-corrected chi connectivity index (χ4v) is 1.92. The van der Waals surface area contributed by atoms with Gasteiger partial charge in [-0.05, 0) is 24.6 Å². The van der Waals surface area contributed by atoms with Gasteiger partial charge in [-0.15, -0.1) is 0 Å². The minimum absolute atomic E-state index is 0.0485. The highest BCUT2D eigenvalue weighted by Gasteiger charge is 2.21. The van der Waals surface area contributed by atoms with E-state index in [0.717, 1.165) is 0 Å². The average Bonchev–Trinajstić information content (AvgIpc) is 2.50. The Bertz CT molecular complexity index is 741. The van der Waals surface area contributed by atoms with Crippen LogP contribution in [0.3, 0.4) is 0 Å². The second kappa shape index (κ2) is 6.87. The SMILES string of the molecule is Cc1c(Cl)cccc1NC(=O)COc1c(F)c(F)cc(F)c1F. The van der Waals surface area contributed by atoms with Gasteiger partial charge in [-0.3, -0.25) is 4.79 Å². The van der Waals surface area contributed by atoms with Crippen molar-refractivity contribution in [3.63, 3.8) is 0 Å². The van der Waals surface area contributed by atoms with Crippen molar-refractivity contribution in [3.05, 3.63) is 58.1 Å². The molecule has 122 valence electrons. The summed E-state index contributed by atoms with van der Waals surface area (Å²) in [6.07, 6.45) is 0. The van der Waals surface area contributed by atoms with Crippen molar-refractivity contribution in [1.29, 1.82) is 0 Å². The lowest BCUT2D eigenvalue weighted by Gasteiger charge is -2.11. The molecule has 0 radical (unpaired) electrons. The lowest BCUT2D eigenvalue weighted by atomic mass is 10.2. The van der Waals surface area contributed by atoms with Crippen LogP contribution in [0.2, 0.25) is 5.02 Å². The third kappa shape index (κ3) is 3.73. The molecule has 3 nitrogen and oxygen atoms in total. The van der Waals surface area contributed by atoms with E-state index >= 15 is 0 Å². The van der Waals surface area contributed by atoms with Crippen LogP contribution < -0.4 is 10.1 Å². The van der Waals surface area contributed by atoms with Crippen LogP contribution in [0.25, 0.3) is 0 Å². The van der Waals surface area contributed by atoms with Crippen LogP contribution in [0.15, 0.2) is 24.3 Å². The van der Waals surface area contributed by atoms with Gasteiger partial charge in [0.15, 0.2) is 24.0 Å². The predicted octanol–water partition coefficient (Wildman–Crippen LogP) is 4.22. The number of anilines is 1. The second-order valence-corrected chi connectivity index (χ2v) is 4.95. The van der Waals surface area contributed by atoms with Gasteiger partial charge in [-0.25, -0.2) is 8.78 Å². The van der Waals surface area contributed by atoms with Crippen LogP contribution in [0, 0.1) is 30.2 Å². The van der Waals surface area contributed by atoms with Gasteiger partial charge >= 0.3 is 0 Å². The summed E-state index contributed by atoms with van der Waals surface area (Å²) < 4.78 is 57.3. The molecule has 2 rings (SSSR count). The molecule has 0 spiro atoms. The summed E-state index contributed by atoms with van der Waals surface area (Å²) in [6, 6.07) is 4.81. The molecular formula is C15H10ClF4NO2. The molecule has 0 heterocycles. The first-order valence-electron chi connectivity index (χ1n) is 6.32. The number of carbonyl (C=O) groups excluding carboxylic acids is 1. The molecule has 0 atom stereocenters. The van der Waals surface area contributed by atoms with Crippen molar-refractivity contribution in [1.82, 2.24) is 0 Å². The summed E-state index contributed by atoms with van der Waals surface area (Å²) >= 11 is 5.88. The normalized spacial score (nSPS) is 10.5. The van der Waals surface area contributed by atoms with E-state index in [1.165, 1.54) is 0 Å². The molecular weight excluding hydrogens is 338 g/mol. The van der Waals surface area contributed by atoms with E-state index in [4.69, 9.17) is 11.6 Å². The van der Waals surface area contributed by atoms with Gasteiger partial charge in [-0.2, -0.15) is 8.78 Å². The summed E-state index contributed by atoms with van der Waals surface area (Å²) in [5, 5.41) is 2.82. The van der Waals surface area contributed by atoms with Gasteiger partial charge in [0.2, 0.25) is 11.6 Å². The molecule has 23 heavy (non-hydrogen) atoms. The number of hydrogen-bond acceptors (Lipinski definition) is 2. The molecule has 0 saturated heterocycles. The van der Waals surface area contributed by atoms with Gasteiger partial charge < -0.3 is 10.1 Å². The largest absolute Gasteiger partial charge is 0.477 e. The van der Waals surface area contributed by atoms with Gasteiger partial charge in [0.1, 0.15) is 0 Å². The average molecular weight is 348 g/mol. The molecule has 0 unspecified atom stereocenters. The Morgan fingerprint density at radius 1 is 1.17 bits per heavy atom. The third-order valence-electron chi connectivity index (χ3n) is 2.96. The monoisotopic (exact) mass is 347 g/mol. The zero-order valence-corrected chi connectivity index (χ0v) is 12.5. The first kappa shape index (κ1) is 17.1. The van der Waals surface area contributed by atoms with Crippen molar-refractivity contribution in [2.75, 3.05) is 11.9 Å². The summed E-state index contributed by atoms with van der Waals surface area (Å²) in [6.45, 7) is 0.808. The first-order chi connectivity index (χ1) is 10.8. The molecule has 0 fully saturated rings. The van der Waals surface area contributed by atoms with E-state index in [1.807, 2.05) is 0 Å². The van der Waals surface area contributed by atoms with Crippen LogP contribution >= 0.6 is 11.6 Å². The summed E-state index contributed by atoms with van der Waals surface area (Å²) in [4.78, 5) is 11.7. The number of benzene rings is 2. The Morgan fingerprint density at radius 2 is 1.78 bits per heavy atom. The molecule has 1 amide bonds. The Labute approximate surface area is 133 Å². The highest BCUT2D eigenvalue weighted by Crippen LogP contribution is 2.27. The number of carbonyl (C=O) groups is 1. The predicted molar refractivity (Wildman–Crippen MR) is 76.6 cm³/mol. The van der Waals surface area contributed by atoms with E-state index in [1.54, 1.807) is 25.1 Å². The van der Waals surface area contributed by atoms with Crippen molar-refractivity contribution in [2.24, 2.45) is 0 Å². The lowest BCUT2D eigenvalue weighted by molar-refractivity contribution is -0.118. The smallest absolute Gasteiger partial charge is 0.262 e. The second-order valence-electron chi connectivity index (χ2n) is 4.55. The Morgan fingerprint density at radius 3 is 2.39 bits per heavy atom. The molecule has 0 aliphatic heterocycles. The quantitative estimate of drug-likeness (QED) is 0.664. The van der Waals surface area contributed by atoms with E-state index < -0.39 is 41.5 Å². The molecule has 2 aromatic rings. The molecule has 2 aromatic carbocycles. The summed E-state index contributed by atoms with van der Waals surface area (Å²) in [5.41, 5.74) is 0.953. The highest BCUT2D eigenvalue weighted by atomic mass is 35.5. The van der Waals surface area contributed by atoms with E-state index in [-0.39, 0.29) is 6.07 Å². The van der Waals surface area contributed by atoms with E-state index in [2.05, 4.69) is 10.1 Å². The van der Waals surface area contributed by atoms with Crippen molar-refractivity contribution in [3.8, 4) is 5.75 Å². The molecule has 0 aromatic heterocycles.